The lowest BCUT2D eigenvalue weighted by Gasteiger charge is -2.30. The van der Waals surface area contributed by atoms with Crippen LogP contribution in [0.5, 0.6) is 0 Å². The van der Waals surface area contributed by atoms with Crippen LogP contribution in [0.3, 0.4) is 0 Å². The molecule has 1 aromatic rings. The molecule has 19 heavy (non-hydrogen) atoms. The molecule has 1 fully saturated rings. The summed E-state index contributed by atoms with van der Waals surface area (Å²) in [4.78, 5) is 24.3. The van der Waals surface area contributed by atoms with E-state index in [0.717, 1.165) is 19.4 Å². The van der Waals surface area contributed by atoms with E-state index in [-0.39, 0.29) is 41.9 Å². The van der Waals surface area contributed by atoms with Crippen molar-refractivity contribution in [3.8, 4) is 0 Å². The third-order valence-electron chi connectivity index (χ3n) is 3.19. The Kier molecular flexibility index (Phi) is 5.31. The summed E-state index contributed by atoms with van der Waals surface area (Å²) in [6.45, 7) is 2.97. The van der Waals surface area contributed by atoms with Gasteiger partial charge >= 0.3 is 5.82 Å². The summed E-state index contributed by atoms with van der Waals surface area (Å²) < 4.78 is 0. The number of carbonyl (C=O) groups is 1. The number of nitro groups is 1. The normalized spacial score (nSPS) is 22.4. The number of hydrogen-bond donors (Lipinski definition) is 3. The van der Waals surface area contributed by atoms with Crippen molar-refractivity contribution < 1.29 is 9.72 Å². The molecule has 3 N–H and O–H groups in total. The highest BCUT2D eigenvalue weighted by Gasteiger charge is 2.24. The first-order valence-corrected chi connectivity index (χ1v) is 5.95. The second kappa shape index (κ2) is 6.53. The molecule has 1 aliphatic heterocycles. The largest absolute Gasteiger partial charge is 0.358 e. The Hall–Kier alpha value is -1.60. The van der Waals surface area contributed by atoms with Gasteiger partial charge in [0.05, 0.1) is 0 Å². The van der Waals surface area contributed by atoms with Gasteiger partial charge in [0.15, 0.2) is 5.69 Å². The van der Waals surface area contributed by atoms with Crippen LogP contribution in [0.2, 0.25) is 0 Å². The van der Waals surface area contributed by atoms with Gasteiger partial charge in [-0.15, -0.1) is 12.4 Å². The van der Waals surface area contributed by atoms with E-state index in [4.69, 9.17) is 0 Å². The first-order chi connectivity index (χ1) is 8.58. The summed E-state index contributed by atoms with van der Waals surface area (Å²) >= 11 is 0. The maximum absolute atomic E-state index is 11.9. The van der Waals surface area contributed by atoms with Gasteiger partial charge in [-0.1, -0.05) is 0 Å². The fourth-order valence-electron chi connectivity index (χ4n) is 2.11. The van der Waals surface area contributed by atoms with Gasteiger partial charge < -0.3 is 20.7 Å². The Labute approximate surface area is 116 Å². The number of hydrogen-bond acceptors (Lipinski definition) is 4. The van der Waals surface area contributed by atoms with Crippen molar-refractivity contribution in [3.05, 3.63) is 27.9 Å². The number of nitrogens with one attached hydrogen (secondary N) is 3. The minimum atomic E-state index is -0.554. The molecule has 0 spiro atoms. The highest BCUT2D eigenvalue weighted by atomic mass is 35.5. The van der Waals surface area contributed by atoms with Gasteiger partial charge in [0.25, 0.3) is 5.91 Å². The van der Waals surface area contributed by atoms with E-state index in [2.05, 4.69) is 15.6 Å². The lowest BCUT2D eigenvalue weighted by atomic mass is 10.00. The van der Waals surface area contributed by atoms with E-state index in [1.54, 1.807) is 0 Å². The Morgan fingerprint density at radius 3 is 2.84 bits per heavy atom. The molecule has 1 amide bonds. The number of amides is 1. The Balaban J connectivity index is 0.00000180. The second-order valence-corrected chi connectivity index (χ2v) is 4.48. The van der Waals surface area contributed by atoms with Crippen molar-refractivity contribution in [1.82, 2.24) is 15.6 Å². The third-order valence-corrected chi connectivity index (χ3v) is 3.19. The smallest absolute Gasteiger partial charge is 0.321 e. The van der Waals surface area contributed by atoms with Crippen molar-refractivity contribution in [2.24, 2.45) is 0 Å². The van der Waals surface area contributed by atoms with E-state index >= 15 is 0 Å². The van der Waals surface area contributed by atoms with Gasteiger partial charge in [-0.3, -0.25) is 4.79 Å². The van der Waals surface area contributed by atoms with Crippen LogP contribution in [-0.4, -0.2) is 34.4 Å². The number of H-pyrrole nitrogens is 1. The Morgan fingerprint density at radius 2 is 2.26 bits per heavy atom. The summed E-state index contributed by atoms with van der Waals surface area (Å²) in [6.07, 6.45) is 1.93. The highest BCUT2D eigenvalue weighted by Crippen LogP contribution is 2.12. The molecular formula is C11H17ClN4O3. The number of halogens is 1. The molecule has 0 aromatic carbocycles. The number of nitrogens with zero attached hydrogens (tertiary/aromatic N) is 1. The molecule has 0 bridgehead atoms. The van der Waals surface area contributed by atoms with Crippen LogP contribution >= 0.6 is 12.4 Å². The average Bonchev–Trinajstić information content (AvgIpc) is 2.81. The minimum absolute atomic E-state index is 0. The number of piperidine rings is 1. The molecule has 8 heteroatoms. The van der Waals surface area contributed by atoms with Gasteiger partial charge in [0.2, 0.25) is 0 Å². The van der Waals surface area contributed by atoms with Crippen molar-refractivity contribution in [2.45, 2.75) is 31.8 Å². The zero-order chi connectivity index (χ0) is 13.1. The lowest BCUT2D eigenvalue weighted by Crippen LogP contribution is -2.51. The predicted molar refractivity (Wildman–Crippen MR) is 72.6 cm³/mol. The third kappa shape index (κ3) is 3.68. The van der Waals surface area contributed by atoms with E-state index < -0.39 is 4.92 Å². The number of carbonyl (C=O) groups excluding carboxylic acids is 1. The summed E-state index contributed by atoms with van der Waals surface area (Å²) in [5.41, 5.74) is 0.222. The predicted octanol–water partition coefficient (Wildman–Crippen LogP) is 1.21. The molecule has 1 aliphatic rings. The van der Waals surface area contributed by atoms with Crippen molar-refractivity contribution in [1.29, 1.82) is 0 Å². The van der Waals surface area contributed by atoms with E-state index in [9.17, 15) is 14.9 Å². The molecule has 2 atom stereocenters. The maximum Gasteiger partial charge on any atom is 0.321 e. The molecule has 2 heterocycles. The molecule has 0 radical (unpaired) electrons. The lowest BCUT2D eigenvalue weighted by molar-refractivity contribution is -0.389. The zero-order valence-electron chi connectivity index (χ0n) is 10.5. The first-order valence-electron chi connectivity index (χ1n) is 5.95. The quantitative estimate of drug-likeness (QED) is 0.575. The molecule has 1 saturated heterocycles. The summed E-state index contributed by atoms with van der Waals surface area (Å²) in [5, 5.41) is 16.7. The van der Waals surface area contributed by atoms with Gasteiger partial charge in [-0.05, 0) is 37.3 Å². The van der Waals surface area contributed by atoms with Crippen molar-refractivity contribution in [2.75, 3.05) is 6.54 Å². The van der Waals surface area contributed by atoms with Crippen LogP contribution in [0.1, 0.15) is 30.3 Å². The van der Waals surface area contributed by atoms with Gasteiger partial charge in [0.1, 0.15) is 0 Å². The van der Waals surface area contributed by atoms with E-state index in [1.165, 1.54) is 12.1 Å². The fourth-order valence-corrected chi connectivity index (χ4v) is 2.11. The second-order valence-electron chi connectivity index (χ2n) is 4.48. The maximum atomic E-state index is 11.9. The molecule has 106 valence electrons. The van der Waals surface area contributed by atoms with E-state index in [0.29, 0.717) is 0 Å². The highest BCUT2D eigenvalue weighted by molar-refractivity contribution is 5.93. The van der Waals surface area contributed by atoms with Gasteiger partial charge in [0, 0.05) is 18.2 Å². The van der Waals surface area contributed by atoms with Crippen LogP contribution in [-0.2, 0) is 0 Å². The zero-order valence-corrected chi connectivity index (χ0v) is 11.3. The summed E-state index contributed by atoms with van der Waals surface area (Å²) in [5.74, 6) is -0.474. The molecular weight excluding hydrogens is 272 g/mol. The summed E-state index contributed by atoms with van der Waals surface area (Å²) in [6, 6.07) is 2.99. The van der Waals surface area contributed by atoms with Crippen LogP contribution in [0.4, 0.5) is 5.82 Å². The van der Waals surface area contributed by atoms with Gasteiger partial charge in [-0.25, -0.2) is 4.98 Å². The van der Waals surface area contributed by atoms with Crippen LogP contribution < -0.4 is 10.6 Å². The topological polar surface area (TPSA) is 100 Å². The minimum Gasteiger partial charge on any atom is -0.358 e. The number of aromatic nitrogens is 1. The van der Waals surface area contributed by atoms with Crippen LogP contribution in [0.25, 0.3) is 0 Å². The van der Waals surface area contributed by atoms with Crippen molar-refractivity contribution in [3.63, 3.8) is 0 Å². The standard InChI is InChI=1S/C11H16N4O3.ClH/c1-7-8(3-2-6-12-7)14-11(16)9-4-5-10(13-9)15(17)18;/h4-5,7-8,12-13H,2-3,6H2,1H3,(H,14,16);1H. The molecule has 7 nitrogen and oxygen atoms in total. The number of rotatable bonds is 3. The first kappa shape index (κ1) is 15.5. The average molecular weight is 289 g/mol. The van der Waals surface area contributed by atoms with Crippen molar-refractivity contribution >= 4 is 24.1 Å². The monoisotopic (exact) mass is 288 g/mol. The molecule has 2 unspecified atom stereocenters. The Bertz CT molecular complexity index is 463. The van der Waals surface area contributed by atoms with Crippen LogP contribution in [0, 0.1) is 10.1 Å². The molecule has 2 rings (SSSR count). The molecule has 1 aromatic heterocycles. The fraction of sp³-hybridized carbons (Fsp3) is 0.545. The Morgan fingerprint density at radius 1 is 1.53 bits per heavy atom. The SMILES string of the molecule is CC1NCCCC1NC(=O)c1ccc([N+](=O)[O-])[nH]1.Cl. The number of aromatic amines is 1. The molecule has 0 saturated carbocycles. The van der Waals surface area contributed by atoms with Gasteiger partial charge in [-0.2, -0.15) is 0 Å². The molecule has 0 aliphatic carbocycles. The van der Waals surface area contributed by atoms with Crippen LogP contribution in [0.15, 0.2) is 12.1 Å². The van der Waals surface area contributed by atoms with E-state index in [1.807, 2.05) is 6.92 Å². The summed E-state index contributed by atoms with van der Waals surface area (Å²) in [7, 11) is 0.